The predicted octanol–water partition coefficient (Wildman–Crippen LogP) is 0.836. The van der Waals surface area contributed by atoms with E-state index in [1.165, 1.54) is 0 Å². The van der Waals surface area contributed by atoms with Gasteiger partial charge in [0, 0.05) is 31.2 Å². The monoisotopic (exact) mass is 275 g/mol. The summed E-state index contributed by atoms with van der Waals surface area (Å²) < 4.78 is 29.0. The van der Waals surface area contributed by atoms with Gasteiger partial charge in [0.1, 0.15) is 0 Å². The normalized spacial score (nSPS) is 35.6. The summed E-state index contributed by atoms with van der Waals surface area (Å²) in [6.45, 7) is 5.53. The molecular formula is C12H25N3O2S. The Balaban J connectivity index is 1.94. The Bertz CT molecular complexity index is 366. The van der Waals surface area contributed by atoms with E-state index in [0.29, 0.717) is 19.1 Å². The second-order valence-corrected chi connectivity index (χ2v) is 7.33. The maximum atomic E-state index is 12.3. The van der Waals surface area contributed by atoms with Crippen molar-refractivity contribution in [2.45, 2.75) is 64.1 Å². The van der Waals surface area contributed by atoms with Gasteiger partial charge in [0.05, 0.1) is 0 Å². The fraction of sp³-hybridized carbons (Fsp3) is 1.00. The molecule has 0 saturated carbocycles. The Morgan fingerprint density at radius 2 is 1.78 bits per heavy atom. The lowest BCUT2D eigenvalue weighted by molar-refractivity contribution is 0.284. The molecule has 0 amide bonds. The molecule has 2 rings (SSSR count). The molecule has 18 heavy (non-hydrogen) atoms. The number of nitrogens with one attached hydrogen (secondary N) is 2. The van der Waals surface area contributed by atoms with Crippen LogP contribution in [0.1, 0.15) is 46.0 Å². The third-order valence-corrected chi connectivity index (χ3v) is 5.66. The molecule has 2 saturated heterocycles. The van der Waals surface area contributed by atoms with Crippen LogP contribution in [-0.4, -0.2) is 43.9 Å². The lowest BCUT2D eigenvalue weighted by Gasteiger charge is -2.36. The largest absolute Gasteiger partial charge is 0.310 e. The van der Waals surface area contributed by atoms with Crippen molar-refractivity contribution in [3.05, 3.63) is 0 Å². The van der Waals surface area contributed by atoms with E-state index in [1.807, 2.05) is 0 Å². The molecule has 3 unspecified atom stereocenters. The summed E-state index contributed by atoms with van der Waals surface area (Å²) in [7, 11) is -3.29. The maximum absolute atomic E-state index is 12.3. The summed E-state index contributed by atoms with van der Waals surface area (Å²) in [5.74, 6) is 0. The average Bonchev–Trinajstić information content (AvgIpc) is 2.34. The quantitative estimate of drug-likeness (QED) is 0.802. The zero-order valence-electron chi connectivity index (χ0n) is 11.4. The number of rotatable bonds is 3. The van der Waals surface area contributed by atoms with Crippen LogP contribution in [0.2, 0.25) is 0 Å². The Labute approximate surface area is 110 Å². The van der Waals surface area contributed by atoms with Gasteiger partial charge >= 0.3 is 0 Å². The highest BCUT2D eigenvalue weighted by molar-refractivity contribution is 7.87. The van der Waals surface area contributed by atoms with Crippen molar-refractivity contribution in [1.82, 2.24) is 14.3 Å². The SMILES string of the molecule is CC1CCC(NS(=O)(=O)N2CCCCC2)C(C)N1. The van der Waals surface area contributed by atoms with Crippen molar-refractivity contribution >= 4 is 10.2 Å². The van der Waals surface area contributed by atoms with E-state index in [2.05, 4.69) is 23.9 Å². The van der Waals surface area contributed by atoms with Crippen molar-refractivity contribution in [3.8, 4) is 0 Å². The number of nitrogens with zero attached hydrogens (tertiary/aromatic N) is 1. The molecular weight excluding hydrogens is 250 g/mol. The van der Waals surface area contributed by atoms with Crippen LogP contribution in [0.4, 0.5) is 0 Å². The minimum absolute atomic E-state index is 0.0214. The molecule has 0 spiro atoms. The minimum atomic E-state index is -3.29. The molecule has 2 N–H and O–H groups in total. The zero-order valence-corrected chi connectivity index (χ0v) is 12.2. The third kappa shape index (κ3) is 3.44. The maximum Gasteiger partial charge on any atom is 0.279 e. The predicted molar refractivity (Wildman–Crippen MR) is 72.6 cm³/mol. The van der Waals surface area contributed by atoms with Crippen LogP contribution < -0.4 is 10.0 Å². The van der Waals surface area contributed by atoms with Gasteiger partial charge in [0.15, 0.2) is 0 Å². The Morgan fingerprint density at radius 1 is 1.11 bits per heavy atom. The van der Waals surface area contributed by atoms with Crippen molar-refractivity contribution in [2.75, 3.05) is 13.1 Å². The molecule has 0 aromatic heterocycles. The van der Waals surface area contributed by atoms with Gasteiger partial charge in [-0.15, -0.1) is 0 Å². The topological polar surface area (TPSA) is 61.4 Å². The van der Waals surface area contributed by atoms with Gasteiger partial charge in [-0.25, -0.2) is 0 Å². The fourth-order valence-electron chi connectivity index (χ4n) is 2.86. The molecule has 0 aromatic carbocycles. The van der Waals surface area contributed by atoms with E-state index in [4.69, 9.17) is 0 Å². The van der Waals surface area contributed by atoms with E-state index < -0.39 is 10.2 Å². The highest BCUT2D eigenvalue weighted by Crippen LogP contribution is 2.17. The molecule has 106 valence electrons. The van der Waals surface area contributed by atoms with Crippen LogP contribution in [0, 0.1) is 0 Å². The Hall–Kier alpha value is -0.170. The second-order valence-electron chi connectivity index (χ2n) is 5.62. The fourth-order valence-corrected chi connectivity index (χ4v) is 4.45. The lowest BCUT2D eigenvalue weighted by Crippen LogP contribution is -2.57. The van der Waals surface area contributed by atoms with Crippen LogP contribution in [0.25, 0.3) is 0 Å². The Kier molecular flexibility index (Phi) is 4.64. The summed E-state index contributed by atoms with van der Waals surface area (Å²) in [5.41, 5.74) is 0. The van der Waals surface area contributed by atoms with Crippen molar-refractivity contribution in [3.63, 3.8) is 0 Å². The van der Waals surface area contributed by atoms with E-state index >= 15 is 0 Å². The minimum Gasteiger partial charge on any atom is -0.310 e. The van der Waals surface area contributed by atoms with Gasteiger partial charge in [-0.2, -0.15) is 17.4 Å². The van der Waals surface area contributed by atoms with Crippen LogP contribution in [0.5, 0.6) is 0 Å². The van der Waals surface area contributed by atoms with Crippen LogP contribution >= 0.6 is 0 Å². The molecule has 0 bridgehead atoms. The van der Waals surface area contributed by atoms with Gasteiger partial charge in [-0.3, -0.25) is 0 Å². The number of hydrogen-bond acceptors (Lipinski definition) is 3. The molecule has 0 aromatic rings. The smallest absolute Gasteiger partial charge is 0.279 e. The molecule has 6 heteroatoms. The number of piperidine rings is 2. The van der Waals surface area contributed by atoms with Gasteiger partial charge < -0.3 is 5.32 Å². The first kappa shape index (κ1) is 14.2. The third-order valence-electron chi connectivity index (χ3n) is 4.02. The highest BCUT2D eigenvalue weighted by Gasteiger charge is 2.31. The van der Waals surface area contributed by atoms with Crippen LogP contribution in [-0.2, 0) is 10.2 Å². The lowest BCUT2D eigenvalue weighted by atomic mass is 9.96. The molecule has 0 radical (unpaired) electrons. The Morgan fingerprint density at radius 3 is 2.39 bits per heavy atom. The van der Waals surface area contributed by atoms with Crippen molar-refractivity contribution in [2.24, 2.45) is 0 Å². The standard InChI is InChI=1S/C12H25N3O2S/c1-10-6-7-12(11(2)13-10)14-18(16,17)15-8-4-3-5-9-15/h10-14H,3-9H2,1-2H3. The van der Waals surface area contributed by atoms with Gasteiger partial charge in [-0.1, -0.05) is 6.42 Å². The van der Waals surface area contributed by atoms with Crippen molar-refractivity contribution in [1.29, 1.82) is 0 Å². The second kappa shape index (κ2) is 5.86. The average molecular weight is 275 g/mol. The summed E-state index contributed by atoms with van der Waals surface area (Å²) in [4.78, 5) is 0. The summed E-state index contributed by atoms with van der Waals surface area (Å²) >= 11 is 0. The first-order valence-electron chi connectivity index (χ1n) is 7.02. The molecule has 5 nitrogen and oxygen atoms in total. The first-order chi connectivity index (χ1) is 8.49. The van der Waals surface area contributed by atoms with Crippen LogP contribution in [0.15, 0.2) is 0 Å². The van der Waals surface area contributed by atoms with E-state index in [0.717, 1.165) is 32.1 Å². The van der Waals surface area contributed by atoms with Crippen molar-refractivity contribution < 1.29 is 8.42 Å². The molecule has 2 aliphatic rings. The molecule has 3 atom stereocenters. The van der Waals surface area contributed by atoms with E-state index in [-0.39, 0.29) is 12.1 Å². The molecule has 2 heterocycles. The molecule has 0 aliphatic carbocycles. The highest BCUT2D eigenvalue weighted by atomic mass is 32.2. The van der Waals surface area contributed by atoms with Gasteiger partial charge in [0.2, 0.25) is 0 Å². The molecule has 2 fully saturated rings. The van der Waals surface area contributed by atoms with E-state index in [1.54, 1.807) is 4.31 Å². The van der Waals surface area contributed by atoms with Gasteiger partial charge in [-0.05, 0) is 39.5 Å². The van der Waals surface area contributed by atoms with Crippen LogP contribution in [0.3, 0.4) is 0 Å². The first-order valence-corrected chi connectivity index (χ1v) is 8.46. The van der Waals surface area contributed by atoms with Gasteiger partial charge in [0.25, 0.3) is 10.2 Å². The van der Waals surface area contributed by atoms with E-state index in [9.17, 15) is 8.42 Å². The summed E-state index contributed by atoms with van der Waals surface area (Å²) in [6, 6.07) is 0.706. The zero-order chi connectivity index (χ0) is 13.2. The summed E-state index contributed by atoms with van der Waals surface area (Å²) in [5, 5.41) is 3.41. The number of hydrogen-bond donors (Lipinski definition) is 2. The molecule has 2 aliphatic heterocycles. The summed E-state index contributed by atoms with van der Waals surface area (Å²) in [6.07, 6.45) is 5.05.